The van der Waals surface area contributed by atoms with Crippen molar-refractivity contribution in [3.05, 3.63) is 87.4 Å². The number of nitrogens with zero attached hydrogens (tertiary/aromatic N) is 1. The number of aryl methyl sites for hydroxylation is 1. The molecule has 1 saturated heterocycles. The number of halogens is 2. The van der Waals surface area contributed by atoms with Crippen LogP contribution in [0.3, 0.4) is 0 Å². The molecule has 3 aromatic carbocycles. The van der Waals surface area contributed by atoms with Gasteiger partial charge in [0.1, 0.15) is 0 Å². The van der Waals surface area contributed by atoms with E-state index in [1.165, 1.54) is 22.5 Å². The maximum absolute atomic E-state index is 12.9. The molecule has 1 heterocycles. The predicted octanol–water partition coefficient (Wildman–Crippen LogP) is 4.93. The van der Waals surface area contributed by atoms with Crippen LogP contribution in [-0.4, -0.2) is 39.3 Å². The first-order chi connectivity index (χ1) is 16.6. The Morgan fingerprint density at radius 3 is 2.49 bits per heavy atom. The molecule has 0 atom stereocenters. The maximum atomic E-state index is 12.9. The number of nitrogens with one attached hydrogen (secondary N) is 2. The molecule has 1 fully saturated rings. The van der Waals surface area contributed by atoms with Gasteiger partial charge < -0.3 is 15.4 Å². The minimum atomic E-state index is -3.61. The molecule has 0 bridgehead atoms. The van der Waals surface area contributed by atoms with E-state index in [1.54, 1.807) is 42.5 Å². The topological polar surface area (TPSA) is 105 Å². The lowest BCUT2D eigenvalue weighted by Crippen LogP contribution is -2.41. The van der Waals surface area contributed by atoms with E-state index in [4.69, 9.17) is 27.9 Å². The Labute approximate surface area is 212 Å². The first kappa shape index (κ1) is 25.0. The fraction of sp³-hybridized carbons (Fsp3) is 0.167. The van der Waals surface area contributed by atoms with Crippen LogP contribution in [0.4, 0.5) is 17.1 Å². The van der Waals surface area contributed by atoms with Crippen LogP contribution in [0.5, 0.6) is 0 Å². The molecular formula is C24H21Cl2N3O5S. The van der Waals surface area contributed by atoms with Crippen LogP contribution >= 0.6 is 23.2 Å². The van der Waals surface area contributed by atoms with Gasteiger partial charge in [0.25, 0.3) is 21.8 Å². The summed E-state index contributed by atoms with van der Waals surface area (Å²) in [6, 6.07) is 16.1. The molecule has 0 unspecified atom stereocenters. The molecule has 0 spiro atoms. The van der Waals surface area contributed by atoms with E-state index in [9.17, 15) is 18.0 Å². The zero-order valence-corrected chi connectivity index (χ0v) is 20.9. The fourth-order valence-corrected chi connectivity index (χ4v) is 5.20. The lowest BCUT2D eigenvalue weighted by molar-refractivity contribution is 0.101. The number of amides is 2. The Kier molecular flexibility index (Phi) is 7.32. The van der Waals surface area contributed by atoms with Crippen molar-refractivity contribution in [1.29, 1.82) is 0 Å². The number of carbonyl (C=O) groups is 2. The molecule has 1 aliphatic heterocycles. The summed E-state index contributed by atoms with van der Waals surface area (Å²) in [5, 5.41) is 6.13. The molecular weight excluding hydrogens is 513 g/mol. The minimum Gasteiger partial charge on any atom is -0.362 e. The van der Waals surface area contributed by atoms with Crippen LogP contribution in [0.2, 0.25) is 10.0 Å². The molecule has 2 N–H and O–H groups in total. The van der Waals surface area contributed by atoms with Crippen LogP contribution in [0.1, 0.15) is 26.3 Å². The quantitative estimate of drug-likeness (QED) is 0.483. The number of carbonyl (C=O) groups excluding carboxylic acids is 2. The zero-order chi connectivity index (χ0) is 25.2. The van der Waals surface area contributed by atoms with Crippen molar-refractivity contribution in [2.75, 3.05) is 34.0 Å². The van der Waals surface area contributed by atoms with Gasteiger partial charge in [0.15, 0.2) is 5.94 Å². The SMILES string of the molecule is Cc1ccc(NC(=O)c2ccc(N3CCOCS3(=O)=O)cc2Cl)cc1NC(=O)c1cccc(Cl)c1. The lowest BCUT2D eigenvalue weighted by Gasteiger charge is -2.28. The number of anilines is 3. The van der Waals surface area contributed by atoms with Crippen LogP contribution in [0, 0.1) is 6.92 Å². The van der Waals surface area contributed by atoms with Crippen LogP contribution in [0.25, 0.3) is 0 Å². The third kappa shape index (κ3) is 5.76. The molecule has 4 rings (SSSR count). The first-order valence-electron chi connectivity index (χ1n) is 10.5. The standard InChI is InChI=1S/C24H21Cl2N3O5S/c1-15-5-6-18(12-22(15)28-23(30)16-3-2-4-17(25)11-16)27-24(31)20-8-7-19(13-21(20)26)29-9-10-34-14-35(29,32)33/h2-8,11-13H,9-10,14H2,1H3,(H,27,31)(H,28,30). The molecule has 8 nitrogen and oxygen atoms in total. The second-order valence-electron chi connectivity index (χ2n) is 7.82. The molecule has 0 aromatic heterocycles. The van der Waals surface area contributed by atoms with Crippen LogP contribution in [-0.2, 0) is 14.8 Å². The number of hydrogen-bond donors (Lipinski definition) is 2. The Balaban J connectivity index is 1.50. The number of ether oxygens (including phenoxy) is 1. The highest BCUT2D eigenvalue weighted by atomic mass is 35.5. The van der Waals surface area contributed by atoms with Crippen molar-refractivity contribution in [3.8, 4) is 0 Å². The highest BCUT2D eigenvalue weighted by Crippen LogP contribution is 2.28. The molecule has 1 aliphatic rings. The van der Waals surface area contributed by atoms with Crippen molar-refractivity contribution in [2.45, 2.75) is 6.92 Å². The van der Waals surface area contributed by atoms with Gasteiger partial charge in [0.2, 0.25) is 0 Å². The molecule has 0 aliphatic carbocycles. The van der Waals surface area contributed by atoms with Crippen molar-refractivity contribution < 1.29 is 22.7 Å². The summed E-state index contributed by atoms with van der Waals surface area (Å²) in [6.07, 6.45) is 0. The Hall–Kier alpha value is -3.11. The number of hydrogen-bond acceptors (Lipinski definition) is 5. The van der Waals surface area contributed by atoms with Gasteiger partial charge in [-0.15, -0.1) is 0 Å². The Morgan fingerprint density at radius 1 is 0.971 bits per heavy atom. The summed E-state index contributed by atoms with van der Waals surface area (Å²) in [4.78, 5) is 25.5. The van der Waals surface area contributed by atoms with Gasteiger partial charge in [-0.05, 0) is 61.0 Å². The van der Waals surface area contributed by atoms with E-state index in [2.05, 4.69) is 10.6 Å². The van der Waals surface area contributed by atoms with Gasteiger partial charge in [0.05, 0.1) is 29.4 Å². The smallest absolute Gasteiger partial charge is 0.259 e. The van der Waals surface area contributed by atoms with E-state index < -0.39 is 21.9 Å². The summed E-state index contributed by atoms with van der Waals surface area (Å²) in [7, 11) is -3.61. The minimum absolute atomic E-state index is 0.100. The monoisotopic (exact) mass is 533 g/mol. The summed E-state index contributed by atoms with van der Waals surface area (Å²) < 4.78 is 30.7. The predicted molar refractivity (Wildman–Crippen MR) is 137 cm³/mol. The number of sulfonamides is 1. The number of benzene rings is 3. The van der Waals surface area contributed by atoms with E-state index in [0.717, 1.165) is 5.56 Å². The molecule has 11 heteroatoms. The van der Waals surface area contributed by atoms with E-state index in [0.29, 0.717) is 27.6 Å². The summed E-state index contributed by atoms with van der Waals surface area (Å²) in [6.45, 7) is 2.26. The molecule has 0 radical (unpaired) electrons. The second kappa shape index (κ2) is 10.2. The largest absolute Gasteiger partial charge is 0.362 e. The van der Waals surface area contributed by atoms with Crippen molar-refractivity contribution in [1.82, 2.24) is 0 Å². The van der Waals surface area contributed by atoms with Crippen molar-refractivity contribution in [3.63, 3.8) is 0 Å². The average Bonchev–Trinajstić information content (AvgIpc) is 2.80. The maximum Gasteiger partial charge on any atom is 0.259 e. The van der Waals surface area contributed by atoms with Gasteiger partial charge >= 0.3 is 0 Å². The summed E-state index contributed by atoms with van der Waals surface area (Å²) >= 11 is 12.3. The third-order valence-electron chi connectivity index (χ3n) is 5.32. The van der Waals surface area contributed by atoms with E-state index in [-0.39, 0.29) is 29.6 Å². The van der Waals surface area contributed by atoms with Crippen molar-refractivity contribution >= 4 is 62.1 Å². The van der Waals surface area contributed by atoms with Gasteiger partial charge in [-0.1, -0.05) is 35.3 Å². The van der Waals surface area contributed by atoms with Gasteiger partial charge in [-0.25, -0.2) is 8.42 Å². The zero-order valence-electron chi connectivity index (χ0n) is 18.5. The highest BCUT2D eigenvalue weighted by Gasteiger charge is 2.27. The highest BCUT2D eigenvalue weighted by molar-refractivity contribution is 7.92. The second-order valence-corrected chi connectivity index (χ2v) is 10.5. The fourth-order valence-electron chi connectivity index (χ4n) is 3.50. The molecule has 0 saturated carbocycles. The van der Waals surface area contributed by atoms with Crippen LogP contribution < -0.4 is 14.9 Å². The molecule has 2 amide bonds. The van der Waals surface area contributed by atoms with E-state index in [1.807, 2.05) is 6.92 Å². The van der Waals surface area contributed by atoms with Gasteiger partial charge in [0, 0.05) is 22.0 Å². The normalized spacial score (nSPS) is 14.9. The Morgan fingerprint density at radius 2 is 1.77 bits per heavy atom. The molecule has 182 valence electrons. The lowest BCUT2D eigenvalue weighted by atomic mass is 10.1. The average molecular weight is 534 g/mol. The van der Waals surface area contributed by atoms with Gasteiger partial charge in [-0.2, -0.15) is 0 Å². The molecule has 35 heavy (non-hydrogen) atoms. The Bertz CT molecular complexity index is 1410. The van der Waals surface area contributed by atoms with Gasteiger partial charge in [-0.3, -0.25) is 13.9 Å². The summed E-state index contributed by atoms with van der Waals surface area (Å²) in [5.41, 5.74) is 2.69. The molecule has 3 aromatic rings. The van der Waals surface area contributed by atoms with E-state index >= 15 is 0 Å². The van der Waals surface area contributed by atoms with Crippen molar-refractivity contribution in [2.24, 2.45) is 0 Å². The number of rotatable bonds is 5. The third-order valence-corrected chi connectivity index (χ3v) is 7.40. The summed E-state index contributed by atoms with van der Waals surface area (Å²) in [5.74, 6) is -1.23. The first-order valence-corrected chi connectivity index (χ1v) is 12.9. The van der Waals surface area contributed by atoms with Crippen LogP contribution in [0.15, 0.2) is 60.7 Å².